The van der Waals surface area contributed by atoms with E-state index < -0.39 is 0 Å². The first-order valence-electron chi connectivity index (χ1n) is 5.49. The van der Waals surface area contributed by atoms with Gasteiger partial charge in [-0.2, -0.15) is 0 Å². The van der Waals surface area contributed by atoms with Crippen LogP contribution >= 0.6 is 11.3 Å². The molecule has 17 heavy (non-hydrogen) atoms. The molecule has 0 spiro atoms. The predicted molar refractivity (Wildman–Crippen MR) is 70.5 cm³/mol. The minimum absolute atomic E-state index is 0.00889. The number of hydrogen-bond acceptors (Lipinski definition) is 4. The van der Waals surface area contributed by atoms with Gasteiger partial charge < -0.3 is 10.5 Å². The third-order valence-corrected chi connectivity index (χ3v) is 3.77. The van der Waals surface area contributed by atoms with E-state index in [0.29, 0.717) is 0 Å². The number of nitrogens with two attached hydrogens (primary N) is 1. The molecular weight excluding hydrogens is 232 g/mol. The van der Waals surface area contributed by atoms with Crippen molar-refractivity contribution < 1.29 is 4.74 Å². The number of hydrogen-bond donors (Lipinski definition) is 1. The van der Waals surface area contributed by atoms with Gasteiger partial charge in [0.2, 0.25) is 0 Å². The molecule has 1 aromatic carbocycles. The zero-order valence-electron chi connectivity index (χ0n) is 10.0. The van der Waals surface area contributed by atoms with Crippen LogP contribution in [0.3, 0.4) is 0 Å². The van der Waals surface area contributed by atoms with E-state index in [1.807, 2.05) is 30.6 Å². The summed E-state index contributed by atoms with van der Waals surface area (Å²) in [5, 5.41) is 0. The molecule has 0 saturated carbocycles. The predicted octanol–water partition coefficient (Wildman–Crippen LogP) is 2.70. The van der Waals surface area contributed by atoms with Crippen LogP contribution in [-0.4, -0.2) is 12.1 Å². The first-order valence-corrected chi connectivity index (χ1v) is 6.37. The van der Waals surface area contributed by atoms with E-state index >= 15 is 0 Å². The second-order valence-corrected chi connectivity index (χ2v) is 4.85. The number of thiazole rings is 1. The molecular formula is C13H16N2OS. The molecule has 2 aromatic rings. The zero-order valence-corrected chi connectivity index (χ0v) is 10.8. The second kappa shape index (κ2) is 5.29. The van der Waals surface area contributed by atoms with Gasteiger partial charge in [0, 0.05) is 10.9 Å². The summed E-state index contributed by atoms with van der Waals surface area (Å²) in [5.74, 6) is 0.871. The standard InChI is InChI=1S/C13H16N2OS/c1-9-13(17-8-15-9)12(14)7-10-4-3-5-11(6-10)16-2/h3-6,8,12H,7,14H2,1-2H3. The third-order valence-electron chi connectivity index (χ3n) is 2.71. The maximum atomic E-state index is 6.19. The van der Waals surface area contributed by atoms with E-state index in [1.54, 1.807) is 18.4 Å². The maximum Gasteiger partial charge on any atom is 0.119 e. The lowest BCUT2D eigenvalue weighted by Crippen LogP contribution is -2.13. The molecule has 0 saturated heterocycles. The fourth-order valence-electron chi connectivity index (χ4n) is 1.81. The molecule has 3 nitrogen and oxygen atoms in total. The summed E-state index contributed by atoms with van der Waals surface area (Å²) in [6.45, 7) is 2.00. The molecule has 90 valence electrons. The number of nitrogens with zero attached hydrogens (tertiary/aromatic N) is 1. The summed E-state index contributed by atoms with van der Waals surface area (Å²) in [7, 11) is 1.67. The van der Waals surface area contributed by atoms with Gasteiger partial charge in [0.25, 0.3) is 0 Å². The Labute approximate surface area is 105 Å². The van der Waals surface area contributed by atoms with Crippen molar-refractivity contribution in [3.8, 4) is 5.75 Å². The molecule has 0 amide bonds. The first-order chi connectivity index (χ1) is 8.20. The van der Waals surface area contributed by atoms with Gasteiger partial charge in [-0.15, -0.1) is 11.3 Å². The SMILES string of the molecule is COc1cccc(CC(N)c2scnc2C)c1. The molecule has 4 heteroatoms. The van der Waals surface area contributed by atoms with Crippen molar-refractivity contribution in [2.24, 2.45) is 5.73 Å². The van der Waals surface area contributed by atoms with Crippen molar-refractivity contribution in [2.75, 3.05) is 7.11 Å². The Hall–Kier alpha value is -1.39. The summed E-state index contributed by atoms with van der Waals surface area (Å²) in [6, 6.07) is 8.03. The van der Waals surface area contributed by atoms with Crippen LogP contribution in [0.4, 0.5) is 0 Å². The van der Waals surface area contributed by atoms with Gasteiger partial charge in [0.1, 0.15) is 5.75 Å². The highest BCUT2D eigenvalue weighted by Crippen LogP contribution is 2.24. The lowest BCUT2D eigenvalue weighted by molar-refractivity contribution is 0.414. The van der Waals surface area contributed by atoms with Crippen molar-refractivity contribution in [1.82, 2.24) is 4.98 Å². The molecule has 0 aliphatic carbocycles. The maximum absolute atomic E-state index is 6.19. The number of benzene rings is 1. The molecule has 0 aliphatic rings. The van der Waals surface area contributed by atoms with Crippen LogP contribution in [0.1, 0.15) is 22.2 Å². The number of ether oxygens (including phenoxy) is 1. The Bertz CT molecular complexity index is 496. The molecule has 1 atom stereocenters. The lowest BCUT2D eigenvalue weighted by atomic mass is 10.0. The van der Waals surface area contributed by atoms with Crippen LogP contribution in [0.2, 0.25) is 0 Å². The Morgan fingerprint density at radius 1 is 1.47 bits per heavy atom. The molecule has 0 radical (unpaired) electrons. The summed E-state index contributed by atoms with van der Waals surface area (Å²) in [6.07, 6.45) is 0.806. The smallest absolute Gasteiger partial charge is 0.119 e. The number of methoxy groups -OCH3 is 1. The molecule has 1 unspecified atom stereocenters. The second-order valence-electron chi connectivity index (χ2n) is 3.96. The van der Waals surface area contributed by atoms with Crippen LogP contribution < -0.4 is 10.5 Å². The fourth-order valence-corrected chi connectivity index (χ4v) is 2.62. The van der Waals surface area contributed by atoms with Crippen LogP contribution in [0.25, 0.3) is 0 Å². The van der Waals surface area contributed by atoms with Crippen molar-refractivity contribution in [3.05, 3.63) is 45.9 Å². The van der Waals surface area contributed by atoms with Crippen LogP contribution in [0, 0.1) is 6.92 Å². The summed E-state index contributed by atoms with van der Waals surface area (Å²) < 4.78 is 5.20. The molecule has 0 bridgehead atoms. The number of aryl methyl sites for hydroxylation is 1. The Balaban J connectivity index is 2.13. The monoisotopic (exact) mass is 248 g/mol. The van der Waals surface area contributed by atoms with E-state index in [2.05, 4.69) is 11.1 Å². The molecule has 1 heterocycles. The summed E-state index contributed by atoms with van der Waals surface area (Å²) >= 11 is 1.62. The number of rotatable bonds is 4. The van der Waals surface area contributed by atoms with Gasteiger partial charge in [0.05, 0.1) is 18.3 Å². The van der Waals surface area contributed by atoms with Gasteiger partial charge in [0.15, 0.2) is 0 Å². The molecule has 0 aliphatic heterocycles. The van der Waals surface area contributed by atoms with E-state index in [0.717, 1.165) is 22.7 Å². The van der Waals surface area contributed by atoms with Crippen molar-refractivity contribution in [1.29, 1.82) is 0 Å². The topological polar surface area (TPSA) is 48.1 Å². The minimum Gasteiger partial charge on any atom is -0.497 e. The quantitative estimate of drug-likeness (QED) is 0.905. The fraction of sp³-hybridized carbons (Fsp3) is 0.308. The zero-order chi connectivity index (χ0) is 12.3. The molecule has 2 N–H and O–H groups in total. The van der Waals surface area contributed by atoms with Crippen molar-refractivity contribution >= 4 is 11.3 Å². The summed E-state index contributed by atoms with van der Waals surface area (Å²) in [4.78, 5) is 5.39. The van der Waals surface area contributed by atoms with Crippen molar-refractivity contribution in [2.45, 2.75) is 19.4 Å². The van der Waals surface area contributed by atoms with E-state index in [1.165, 1.54) is 5.56 Å². The van der Waals surface area contributed by atoms with Crippen LogP contribution in [0.5, 0.6) is 5.75 Å². The average molecular weight is 248 g/mol. The van der Waals surface area contributed by atoms with Crippen molar-refractivity contribution in [3.63, 3.8) is 0 Å². The van der Waals surface area contributed by atoms with Crippen LogP contribution in [-0.2, 0) is 6.42 Å². The van der Waals surface area contributed by atoms with E-state index in [4.69, 9.17) is 10.5 Å². The van der Waals surface area contributed by atoms with E-state index in [-0.39, 0.29) is 6.04 Å². The summed E-state index contributed by atoms with van der Waals surface area (Å²) in [5.41, 5.74) is 10.3. The van der Waals surface area contributed by atoms with Gasteiger partial charge >= 0.3 is 0 Å². The Morgan fingerprint density at radius 3 is 2.94 bits per heavy atom. The first kappa shape index (κ1) is 12.1. The van der Waals surface area contributed by atoms with Gasteiger partial charge in [-0.05, 0) is 31.0 Å². The largest absolute Gasteiger partial charge is 0.497 e. The van der Waals surface area contributed by atoms with Gasteiger partial charge in [-0.25, -0.2) is 4.98 Å². The third kappa shape index (κ3) is 2.84. The normalized spacial score (nSPS) is 12.4. The van der Waals surface area contributed by atoms with Crippen LogP contribution in [0.15, 0.2) is 29.8 Å². The van der Waals surface area contributed by atoms with E-state index in [9.17, 15) is 0 Å². The molecule has 2 rings (SSSR count). The minimum atomic E-state index is 0.00889. The Kier molecular flexibility index (Phi) is 3.76. The van der Waals surface area contributed by atoms with Gasteiger partial charge in [-0.3, -0.25) is 0 Å². The highest BCUT2D eigenvalue weighted by molar-refractivity contribution is 7.09. The van der Waals surface area contributed by atoms with Gasteiger partial charge in [-0.1, -0.05) is 12.1 Å². The Morgan fingerprint density at radius 2 is 2.29 bits per heavy atom. The lowest BCUT2D eigenvalue weighted by Gasteiger charge is -2.11. The average Bonchev–Trinajstić information content (AvgIpc) is 2.76. The molecule has 0 fully saturated rings. The number of aromatic nitrogens is 1. The highest BCUT2D eigenvalue weighted by atomic mass is 32.1. The highest BCUT2D eigenvalue weighted by Gasteiger charge is 2.12. The molecule has 1 aromatic heterocycles.